The molecule has 1 heterocycles. The van der Waals surface area contributed by atoms with E-state index in [0.29, 0.717) is 5.92 Å². The minimum Gasteiger partial charge on any atom is -0.322 e. The first-order valence-corrected chi connectivity index (χ1v) is 7.31. The van der Waals surface area contributed by atoms with Gasteiger partial charge in [-0.15, -0.1) is 11.3 Å². The Kier molecular flexibility index (Phi) is 2.96. The predicted molar refractivity (Wildman–Crippen MR) is 76.7 cm³/mol. The van der Waals surface area contributed by atoms with E-state index in [0.717, 1.165) is 10.7 Å². The van der Waals surface area contributed by atoms with Gasteiger partial charge < -0.3 is 5.73 Å². The maximum atomic E-state index is 6.20. The summed E-state index contributed by atoms with van der Waals surface area (Å²) in [4.78, 5) is 4.72. The van der Waals surface area contributed by atoms with Crippen molar-refractivity contribution in [2.75, 3.05) is 0 Å². The lowest BCUT2D eigenvalue weighted by Gasteiger charge is -2.05. The summed E-state index contributed by atoms with van der Waals surface area (Å²) in [6, 6.07) is 6.71. The molecule has 1 atom stereocenters. The lowest BCUT2D eigenvalue weighted by Crippen LogP contribution is -2.11. The smallest absolute Gasteiger partial charge is 0.110 e. The molecule has 0 spiro atoms. The maximum absolute atomic E-state index is 6.20. The molecule has 1 aromatic heterocycles. The van der Waals surface area contributed by atoms with Crippen LogP contribution >= 0.6 is 11.3 Å². The fourth-order valence-corrected chi connectivity index (χ4v) is 3.27. The Hall–Kier alpha value is -1.19. The Balaban J connectivity index is 1.92. The molecule has 1 aliphatic rings. The molecule has 1 aliphatic carbocycles. The van der Waals surface area contributed by atoms with Crippen LogP contribution in [0, 0.1) is 19.8 Å². The molecule has 0 aliphatic heterocycles. The molecule has 3 heteroatoms. The van der Waals surface area contributed by atoms with Crippen LogP contribution in [0.1, 0.15) is 35.0 Å². The van der Waals surface area contributed by atoms with Crippen molar-refractivity contribution in [1.29, 1.82) is 0 Å². The summed E-state index contributed by atoms with van der Waals surface area (Å²) in [7, 11) is 0. The highest BCUT2D eigenvalue weighted by Gasteiger charge is 2.31. The zero-order valence-corrected chi connectivity index (χ0v) is 11.6. The van der Waals surface area contributed by atoms with Gasteiger partial charge in [0.25, 0.3) is 0 Å². The van der Waals surface area contributed by atoms with Crippen molar-refractivity contribution in [2.45, 2.75) is 32.7 Å². The average Bonchev–Trinajstić information content (AvgIpc) is 3.04. The van der Waals surface area contributed by atoms with Crippen molar-refractivity contribution in [1.82, 2.24) is 4.98 Å². The summed E-state index contributed by atoms with van der Waals surface area (Å²) in [6.45, 7) is 4.25. The Morgan fingerprint density at radius 3 is 2.50 bits per heavy atom. The first kappa shape index (κ1) is 11.9. The molecule has 1 fully saturated rings. The van der Waals surface area contributed by atoms with Gasteiger partial charge in [-0.25, -0.2) is 4.98 Å². The van der Waals surface area contributed by atoms with E-state index >= 15 is 0 Å². The number of aryl methyl sites for hydroxylation is 2. The fraction of sp³-hybridized carbons (Fsp3) is 0.400. The molecular formula is C15H18N2S. The van der Waals surface area contributed by atoms with Crippen molar-refractivity contribution >= 4 is 11.3 Å². The molecule has 1 unspecified atom stereocenters. The van der Waals surface area contributed by atoms with Gasteiger partial charge in [0, 0.05) is 10.9 Å². The summed E-state index contributed by atoms with van der Waals surface area (Å²) >= 11 is 1.70. The highest BCUT2D eigenvalue weighted by atomic mass is 32.1. The normalized spacial score (nSPS) is 16.8. The van der Waals surface area contributed by atoms with E-state index in [2.05, 4.69) is 37.4 Å². The number of thiazole rings is 1. The zero-order valence-electron chi connectivity index (χ0n) is 10.8. The minimum absolute atomic E-state index is 0.148. The van der Waals surface area contributed by atoms with Gasteiger partial charge in [-0.1, -0.05) is 17.2 Å². The van der Waals surface area contributed by atoms with Crippen LogP contribution in [-0.4, -0.2) is 4.98 Å². The van der Waals surface area contributed by atoms with Gasteiger partial charge in [-0.2, -0.15) is 0 Å². The van der Waals surface area contributed by atoms with E-state index in [-0.39, 0.29) is 6.04 Å². The predicted octanol–water partition coefficient (Wildman–Crippen LogP) is 3.84. The first-order chi connectivity index (χ1) is 8.63. The van der Waals surface area contributed by atoms with E-state index in [1.165, 1.54) is 29.5 Å². The van der Waals surface area contributed by atoms with Crippen LogP contribution < -0.4 is 5.73 Å². The van der Waals surface area contributed by atoms with Crippen LogP contribution in [0.15, 0.2) is 23.6 Å². The third-order valence-corrected chi connectivity index (χ3v) is 4.40. The molecule has 0 radical (unpaired) electrons. The summed E-state index contributed by atoms with van der Waals surface area (Å²) < 4.78 is 0. The van der Waals surface area contributed by atoms with E-state index in [9.17, 15) is 0 Å². The SMILES string of the molecule is Cc1cc(C)cc(-c2csc(C(N)C3CC3)n2)c1. The molecule has 18 heavy (non-hydrogen) atoms. The number of benzene rings is 1. The fourth-order valence-electron chi connectivity index (χ4n) is 2.35. The third kappa shape index (κ3) is 2.33. The number of hydrogen-bond donors (Lipinski definition) is 1. The molecule has 2 N–H and O–H groups in total. The maximum Gasteiger partial charge on any atom is 0.110 e. The number of hydrogen-bond acceptors (Lipinski definition) is 3. The molecule has 0 amide bonds. The van der Waals surface area contributed by atoms with Gasteiger partial charge in [0.05, 0.1) is 11.7 Å². The molecular weight excluding hydrogens is 240 g/mol. The summed E-state index contributed by atoms with van der Waals surface area (Å²) in [5, 5.41) is 3.22. The van der Waals surface area contributed by atoms with Crippen LogP contribution in [-0.2, 0) is 0 Å². The van der Waals surface area contributed by atoms with Crippen molar-refractivity contribution in [3.8, 4) is 11.3 Å². The summed E-state index contributed by atoms with van der Waals surface area (Å²) in [6.07, 6.45) is 2.53. The van der Waals surface area contributed by atoms with Gasteiger partial charge in [0.1, 0.15) is 5.01 Å². The highest BCUT2D eigenvalue weighted by Crippen LogP contribution is 2.40. The Bertz CT molecular complexity index is 549. The Labute approximate surface area is 112 Å². The molecule has 1 saturated carbocycles. The van der Waals surface area contributed by atoms with E-state index in [1.807, 2.05) is 0 Å². The molecule has 2 aromatic rings. The molecule has 1 aromatic carbocycles. The molecule has 3 rings (SSSR count). The topological polar surface area (TPSA) is 38.9 Å². The van der Waals surface area contributed by atoms with E-state index in [4.69, 9.17) is 10.7 Å². The Morgan fingerprint density at radius 1 is 1.22 bits per heavy atom. The van der Waals surface area contributed by atoms with Crippen LogP contribution in [0.2, 0.25) is 0 Å². The van der Waals surface area contributed by atoms with Crippen molar-refractivity contribution in [3.63, 3.8) is 0 Å². The summed E-state index contributed by atoms with van der Waals surface area (Å²) in [5.41, 5.74) is 11.0. The quantitative estimate of drug-likeness (QED) is 0.908. The second-order valence-electron chi connectivity index (χ2n) is 5.31. The lowest BCUT2D eigenvalue weighted by molar-refractivity contribution is 0.629. The van der Waals surface area contributed by atoms with Gasteiger partial charge >= 0.3 is 0 Å². The van der Waals surface area contributed by atoms with E-state index in [1.54, 1.807) is 11.3 Å². The average molecular weight is 258 g/mol. The van der Waals surface area contributed by atoms with Crippen molar-refractivity contribution < 1.29 is 0 Å². The van der Waals surface area contributed by atoms with Crippen LogP contribution in [0.3, 0.4) is 0 Å². The monoisotopic (exact) mass is 258 g/mol. The second-order valence-corrected chi connectivity index (χ2v) is 6.20. The highest BCUT2D eigenvalue weighted by molar-refractivity contribution is 7.10. The van der Waals surface area contributed by atoms with Gasteiger partial charge in [-0.05, 0) is 44.7 Å². The van der Waals surface area contributed by atoms with Crippen LogP contribution in [0.25, 0.3) is 11.3 Å². The standard InChI is InChI=1S/C15H18N2S/c1-9-5-10(2)7-12(6-9)13-8-18-15(17-13)14(16)11-3-4-11/h5-8,11,14H,3-4,16H2,1-2H3. The largest absolute Gasteiger partial charge is 0.322 e. The van der Waals surface area contributed by atoms with Gasteiger partial charge in [-0.3, -0.25) is 0 Å². The molecule has 0 saturated heterocycles. The summed E-state index contributed by atoms with van der Waals surface area (Å²) in [5.74, 6) is 0.670. The number of rotatable bonds is 3. The minimum atomic E-state index is 0.148. The lowest BCUT2D eigenvalue weighted by atomic mass is 10.1. The number of nitrogens with two attached hydrogens (primary N) is 1. The zero-order chi connectivity index (χ0) is 12.7. The van der Waals surface area contributed by atoms with Crippen molar-refractivity contribution in [2.24, 2.45) is 11.7 Å². The molecule has 94 valence electrons. The Morgan fingerprint density at radius 2 is 1.89 bits per heavy atom. The number of nitrogens with zero attached hydrogens (tertiary/aromatic N) is 1. The second kappa shape index (κ2) is 4.48. The molecule has 2 nitrogen and oxygen atoms in total. The van der Waals surface area contributed by atoms with Crippen LogP contribution in [0.5, 0.6) is 0 Å². The van der Waals surface area contributed by atoms with Gasteiger partial charge in [0.2, 0.25) is 0 Å². The number of aromatic nitrogens is 1. The van der Waals surface area contributed by atoms with E-state index < -0.39 is 0 Å². The molecule has 0 bridgehead atoms. The van der Waals surface area contributed by atoms with Gasteiger partial charge in [0.15, 0.2) is 0 Å². The van der Waals surface area contributed by atoms with Crippen molar-refractivity contribution in [3.05, 3.63) is 39.7 Å². The first-order valence-electron chi connectivity index (χ1n) is 6.43. The third-order valence-electron chi connectivity index (χ3n) is 3.45. The van der Waals surface area contributed by atoms with Crippen LogP contribution in [0.4, 0.5) is 0 Å².